The van der Waals surface area contributed by atoms with E-state index in [0.717, 1.165) is 11.4 Å². The van der Waals surface area contributed by atoms with Gasteiger partial charge in [0.25, 0.3) is 11.5 Å². The molecule has 176 valence electrons. The van der Waals surface area contributed by atoms with E-state index < -0.39 is 5.91 Å². The number of carbonyl (C=O) groups excluding carboxylic acids is 1. The van der Waals surface area contributed by atoms with E-state index in [1.165, 1.54) is 4.52 Å². The molecule has 0 fully saturated rings. The van der Waals surface area contributed by atoms with Crippen molar-refractivity contribution < 1.29 is 4.79 Å². The predicted molar refractivity (Wildman–Crippen MR) is 131 cm³/mol. The molecule has 0 saturated carbocycles. The molecule has 4 aromatic heterocycles. The number of amides is 1. The molecule has 1 aromatic carbocycles. The topological polar surface area (TPSA) is 152 Å². The Kier molecular flexibility index (Phi) is 6.28. The van der Waals surface area contributed by atoms with Gasteiger partial charge in [-0.05, 0) is 18.2 Å². The molecule has 0 spiro atoms. The first-order valence-electron chi connectivity index (χ1n) is 10.7. The van der Waals surface area contributed by atoms with Gasteiger partial charge in [0.15, 0.2) is 11.5 Å². The molecule has 0 unspecified atom stereocenters. The van der Waals surface area contributed by atoms with Crippen LogP contribution in [0.15, 0.2) is 53.8 Å². The summed E-state index contributed by atoms with van der Waals surface area (Å²) in [5.41, 5.74) is 13.3. The van der Waals surface area contributed by atoms with Crippen molar-refractivity contribution in [1.82, 2.24) is 33.9 Å². The van der Waals surface area contributed by atoms with Crippen molar-refractivity contribution in [2.75, 3.05) is 5.73 Å². The molecule has 4 N–H and O–H groups in total. The SMILES string of the molecule is CCc1nc2cccc(C#Cc3cnn(C)c3)c2c(=O)n1C.NC(=O)c1c(N)nn2cccnc12. The highest BCUT2D eigenvalue weighted by Crippen LogP contribution is 2.14. The molecule has 35 heavy (non-hydrogen) atoms. The maximum Gasteiger partial charge on any atom is 0.262 e. The number of aromatic nitrogens is 7. The van der Waals surface area contributed by atoms with Crippen LogP contribution in [0, 0.1) is 11.8 Å². The maximum absolute atomic E-state index is 12.6. The van der Waals surface area contributed by atoms with Gasteiger partial charge in [-0.3, -0.25) is 18.8 Å². The Bertz CT molecular complexity index is 1680. The van der Waals surface area contributed by atoms with Crippen molar-refractivity contribution in [2.24, 2.45) is 19.8 Å². The molecular weight excluding hydrogens is 446 g/mol. The van der Waals surface area contributed by atoms with Gasteiger partial charge >= 0.3 is 0 Å². The van der Waals surface area contributed by atoms with Gasteiger partial charge in [0.2, 0.25) is 0 Å². The molecule has 0 aliphatic rings. The van der Waals surface area contributed by atoms with Crippen molar-refractivity contribution in [3.8, 4) is 11.8 Å². The molecule has 11 heteroatoms. The largest absolute Gasteiger partial charge is 0.381 e. The number of carbonyl (C=O) groups is 1. The first-order valence-corrected chi connectivity index (χ1v) is 10.7. The summed E-state index contributed by atoms with van der Waals surface area (Å²) in [5, 5.41) is 8.52. The number of primary amides is 1. The van der Waals surface area contributed by atoms with Crippen LogP contribution in [0.4, 0.5) is 5.82 Å². The van der Waals surface area contributed by atoms with Crippen LogP contribution in [0.3, 0.4) is 0 Å². The van der Waals surface area contributed by atoms with Crippen LogP contribution in [0.25, 0.3) is 16.6 Å². The molecule has 5 rings (SSSR count). The van der Waals surface area contributed by atoms with E-state index in [0.29, 0.717) is 28.5 Å². The summed E-state index contributed by atoms with van der Waals surface area (Å²) in [6.07, 6.45) is 7.44. The number of nitrogens with two attached hydrogens (primary N) is 2. The lowest BCUT2D eigenvalue weighted by Crippen LogP contribution is -2.22. The summed E-state index contributed by atoms with van der Waals surface area (Å²) >= 11 is 0. The fourth-order valence-electron chi connectivity index (χ4n) is 3.54. The molecule has 11 nitrogen and oxygen atoms in total. The fraction of sp³-hybridized carbons (Fsp3) is 0.167. The minimum Gasteiger partial charge on any atom is -0.381 e. The van der Waals surface area contributed by atoms with Crippen LogP contribution in [0.5, 0.6) is 0 Å². The zero-order valence-corrected chi connectivity index (χ0v) is 19.4. The summed E-state index contributed by atoms with van der Waals surface area (Å²) in [7, 11) is 3.59. The first kappa shape index (κ1) is 23.2. The zero-order chi connectivity index (χ0) is 25.1. The average molecular weight is 470 g/mol. The monoisotopic (exact) mass is 469 g/mol. The lowest BCUT2D eigenvalue weighted by Gasteiger charge is -2.08. The summed E-state index contributed by atoms with van der Waals surface area (Å²) in [5.74, 6) is 6.36. The molecule has 0 radical (unpaired) electrons. The summed E-state index contributed by atoms with van der Waals surface area (Å²) in [4.78, 5) is 32.0. The third-order valence-electron chi connectivity index (χ3n) is 5.23. The van der Waals surface area contributed by atoms with Crippen molar-refractivity contribution in [3.05, 3.63) is 81.9 Å². The van der Waals surface area contributed by atoms with E-state index in [4.69, 9.17) is 11.5 Å². The molecule has 0 saturated heterocycles. The highest BCUT2D eigenvalue weighted by molar-refractivity contribution is 6.03. The molecule has 5 aromatic rings. The van der Waals surface area contributed by atoms with Gasteiger partial charge in [-0.2, -0.15) is 5.10 Å². The summed E-state index contributed by atoms with van der Waals surface area (Å²) < 4.78 is 4.70. The molecule has 0 atom stereocenters. The number of nitrogen functional groups attached to an aromatic ring is 1. The number of benzene rings is 1. The maximum atomic E-state index is 12.6. The minimum atomic E-state index is -0.619. The van der Waals surface area contributed by atoms with E-state index in [2.05, 4.69) is 32.0 Å². The second kappa shape index (κ2) is 9.48. The highest BCUT2D eigenvalue weighted by Gasteiger charge is 2.15. The number of rotatable bonds is 2. The lowest BCUT2D eigenvalue weighted by atomic mass is 10.1. The van der Waals surface area contributed by atoms with Gasteiger partial charge in [-0.15, -0.1) is 5.10 Å². The molecule has 4 heterocycles. The zero-order valence-electron chi connectivity index (χ0n) is 19.4. The van der Waals surface area contributed by atoms with E-state index in [-0.39, 0.29) is 16.9 Å². The Morgan fingerprint density at radius 2 is 1.97 bits per heavy atom. The van der Waals surface area contributed by atoms with Crippen LogP contribution in [0.2, 0.25) is 0 Å². The van der Waals surface area contributed by atoms with Gasteiger partial charge in [0.05, 0.1) is 22.7 Å². The van der Waals surface area contributed by atoms with Gasteiger partial charge in [-0.1, -0.05) is 24.8 Å². The predicted octanol–water partition coefficient (Wildman–Crippen LogP) is 1.04. The highest BCUT2D eigenvalue weighted by atomic mass is 16.1. The van der Waals surface area contributed by atoms with E-state index >= 15 is 0 Å². The molecule has 0 aliphatic heterocycles. The Labute approximate surface area is 200 Å². The van der Waals surface area contributed by atoms with Gasteiger partial charge in [-0.25, -0.2) is 14.5 Å². The van der Waals surface area contributed by atoms with Crippen molar-refractivity contribution >= 4 is 28.3 Å². The van der Waals surface area contributed by atoms with E-state index in [9.17, 15) is 9.59 Å². The number of hydrogen-bond acceptors (Lipinski definition) is 7. The number of anilines is 1. The Balaban J connectivity index is 0.000000189. The van der Waals surface area contributed by atoms with Crippen LogP contribution >= 0.6 is 0 Å². The molecule has 0 aliphatic carbocycles. The van der Waals surface area contributed by atoms with Crippen LogP contribution in [0.1, 0.15) is 34.2 Å². The Hall–Kier alpha value is -4.98. The standard InChI is InChI=1S/C17H16N4O.C7H7N5O/c1-4-15-19-14-7-5-6-13(16(14)17(22)21(15)3)9-8-12-10-18-20(2)11-12;8-5-4(6(9)13)7-10-2-1-3-12(7)11-5/h5-7,10-11H,4H2,1-3H3;1-3H,(H2,8,11)(H2,9,13). The Morgan fingerprint density at radius 1 is 1.17 bits per heavy atom. The van der Waals surface area contributed by atoms with Crippen LogP contribution in [-0.4, -0.2) is 39.8 Å². The second-order valence-electron chi connectivity index (χ2n) is 7.61. The van der Waals surface area contributed by atoms with Crippen molar-refractivity contribution in [3.63, 3.8) is 0 Å². The minimum absolute atomic E-state index is 0.0575. The lowest BCUT2D eigenvalue weighted by molar-refractivity contribution is 0.100. The third kappa shape index (κ3) is 4.58. The van der Waals surface area contributed by atoms with Gasteiger partial charge in [0, 0.05) is 44.7 Å². The first-order chi connectivity index (χ1) is 16.8. The van der Waals surface area contributed by atoms with Crippen molar-refractivity contribution in [2.45, 2.75) is 13.3 Å². The third-order valence-corrected chi connectivity index (χ3v) is 5.23. The van der Waals surface area contributed by atoms with Gasteiger partial charge < -0.3 is 11.5 Å². The number of nitrogens with zero attached hydrogens (tertiary/aromatic N) is 7. The molecule has 0 bridgehead atoms. The fourth-order valence-corrected chi connectivity index (χ4v) is 3.54. The van der Waals surface area contributed by atoms with Crippen LogP contribution in [-0.2, 0) is 20.5 Å². The number of fused-ring (bicyclic) bond motifs is 2. The second-order valence-corrected chi connectivity index (χ2v) is 7.61. The molecular formula is C24H23N9O2. The number of aryl methyl sites for hydroxylation is 2. The normalized spacial score (nSPS) is 10.5. The average Bonchev–Trinajstić information content (AvgIpc) is 3.41. The van der Waals surface area contributed by atoms with Crippen LogP contribution < -0.4 is 17.0 Å². The van der Waals surface area contributed by atoms with Crippen molar-refractivity contribution in [1.29, 1.82) is 0 Å². The number of hydrogen-bond donors (Lipinski definition) is 2. The van der Waals surface area contributed by atoms with Gasteiger partial charge in [0.1, 0.15) is 11.4 Å². The molecule has 1 amide bonds. The van der Waals surface area contributed by atoms with E-state index in [1.807, 2.05) is 38.4 Å². The summed E-state index contributed by atoms with van der Waals surface area (Å²) in [6.45, 7) is 1.99. The Morgan fingerprint density at radius 3 is 2.66 bits per heavy atom. The summed E-state index contributed by atoms with van der Waals surface area (Å²) in [6, 6.07) is 7.26. The van der Waals surface area contributed by atoms with E-state index in [1.54, 1.807) is 41.0 Å². The smallest absolute Gasteiger partial charge is 0.262 e. The quantitative estimate of drug-likeness (QED) is 0.366.